The average molecular weight is 521 g/mol. The van der Waals surface area contributed by atoms with Crippen LogP contribution in [0.5, 0.6) is 11.5 Å². The Kier molecular flexibility index (Phi) is 7.74. The molecule has 0 saturated carbocycles. The number of H-pyrrole nitrogens is 1. The fraction of sp³-hybridized carbons (Fsp3) is 0.448. The zero-order valence-electron chi connectivity index (χ0n) is 22.0. The maximum atomic E-state index is 12.9. The number of urea groups is 1. The fourth-order valence-electron chi connectivity index (χ4n) is 6.11. The molecule has 0 bridgehead atoms. The molecule has 2 aliphatic rings. The van der Waals surface area contributed by atoms with E-state index in [4.69, 9.17) is 9.47 Å². The van der Waals surface area contributed by atoms with Gasteiger partial charge < -0.3 is 29.8 Å². The summed E-state index contributed by atoms with van der Waals surface area (Å²) in [5.41, 5.74) is 3.10. The number of nitrogens with zero attached hydrogens (tertiary/aromatic N) is 2. The number of carboxylic acid groups (broad SMARTS) is 1. The zero-order chi connectivity index (χ0) is 26.6. The van der Waals surface area contributed by atoms with Gasteiger partial charge in [-0.25, -0.2) is 4.79 Å². The first-order valence-corrected chi connectivity index (χ1v) is 13.3. The number of carbonyl (C=O) groups is 2. The molecule has 2 aliphatic heterocycles. The second-order valence-corrected chi connectivity index (χ2v) is 10.2. The van der Waals surface area contributed by atoms with Gasteiger partial charge in [0.25, 0.3) is 0 Å². The van der Waals surface area contributed by atoms with Crippen LogP contribution in [0, 0.1) is 5.92 Å². The molecule has 2 saturated heterocycles. The smallest absolute Gasteiger partial charge is 0.321 e. The van der Waals surface area contributed by atoms with Gasteiger partial charge in [-0.1, -0.05) is 18.2 Å². The number of anilines is 1. The van der Waals surface area contributed by atoms with Crippen molar-refractivity contribution in [2.45, 2.75) is 37.6 Å². The predicted octanol–water partition coefficient (Wildman–Crippen LogP) is 4.76. The quantitative estimate of drug-likeness (QED) is 0.415. The Labute approximate surface area is 222 Å². The van der Waals surface area contributed by atoms with Crippen molar-refractivity contribution in [2.75, 3.05) is 45.7 Å². The summed E-state index contributed by atoms with van der Waals surface area (Å²) in [6, 6.07) is 12.9. The van der Waals surface area contributed by atoms with Crippen molar-refractivity contribution in [1.82, 2.24) is 14.8 Å². The van der Waals surface area contributed by atoms with Crippen LogP contribution in [0.2, 0.25) is 0 Å². The molecule has 1 unspecified atom stereocenters. The third-order valence-corrected chi connectivity index (χ3v) is 8.15. The van der Waals surface area contributed by atoms with Crippen molar-refractivity contribution >= 4 is 28.6 Å². The highest BCUT2D eigenvalue weighted by Gasteiger charge is 2.38. The number of carboxylic acids is 1. The van der Waals surface area contributed by atoms with Gasteiger partial charge in [0.05, 0.1) is 14.2 Å². The molecule has 0 aliphatic carbocycles. The number of aliphatic carboxylic acids is 1. The molecule has 9 heteroatoms. The van der Waals surface area contributed by atoms with Gasteiger partial charge in [-0.3, -0.25) is 9.69 Å². The number of benzene rings is 2. The molecule has 9 nitrogen and oxygen atoms in total. The Morgan fingerprint density at radius 1 is 0.974 bits per heavy atom. The number of carbonyl (C=O) groups excluding carboxylic acids is 1. The first-order chi connectivity index (χ1) is 18.5. The number of fused-ring (bicyclic) bond motifs is 1. The van der Waals surface area contributed by atoms with Gasteiger partial charge in [0.2, 0.25) is 0 Å². The Morgan fingerprint density at radius 3 is 2.37 bits per heavy atom. The van der Waals surface area contributed by atoms with Crippen molar-refractivity contribution in [3.8, 4) is 11.5 Å². The number of rotatable bonds is 7. The summed E-state index contributed by atoms with van der Waals surface area (Å²) in [4.78, 5) is 32.6. The number of para-hydroxylation sites is 1. The van der Waals surface area contributed by atoms with Gasteiger partial charge in [0, 0.05) is 41.9 Å². The van der Waals surface area contributed by atoms with E-state index in [-0.39, 0.29) is 11.9 Å². The van der Waals surface area contributed by atoms with Crippen molar-refractivity contribution in [1.29, 1.82) is 0 Å². The van der Waals surface area contributed by atoms with Crippen LogP contribution in [0.25, 0.3) is 10.9 Å². The van der Waals surface area contributed by atoms with E-state index in [1.807, 2.05) is 6.07 Å². The highest BCUT2D eigenvalue weighted by molar-refractivity contribution is 5.90. The van der Waals surface area contributed by atoms with E-state index in [0.717, 1.165) is 31.4 Å². The molecular formula is C29H36N4O5. The summed E-state index contributed by atoms with van der Waals surface area (Å²) in [5.74, 6) is 0.822. The second kappa shape index (κ2) is 11.3. The average Bonchev–Trinajstić information content (AvgIpc) is 3.38. The number of methoxy groups -OCH3 is 2. The largest absolute Gasteiger partial charge is 0.493 e. The van der Waals surface area contributed by atoms with Crippen molar-refractivity contribution in [3.63, 3.8) is 0 Å². The highest BCUT2D eigenvalue weighted by Crippen LogP contribution is 2.36. The first kappa shape index (κ1) is 25.9. The number of amides is 2. The summed E-state index contributed by atoms with van der Waals surface area (Å²) in [6.45, 7) is 2.58. The number of hydrogen-bond donors (Lipinski definition) is 3. The lowest BCUT2D eigenvalue weighted by Gasteiger charge is -2.41. The van der Waals surface area contributed by atoms with E-state index in [0.29, 0.717) is 49.0 Å². The molecule has 0 radical (unpaired) electrons. The number of hydrogen-bond acceptors (Lipinski definition) is 5. The lowest BCUT2D eigenvalue weighted by atomic mass is 9.84. The molecule has 3 aromatic rings. The van der Waals surface area contributed by atoms with E-state index >= 15 is 0 Å². The van der Waals surface area contributed by atoms with Crippen LogP contribution in [-0.2, 0) is 4.79 Å². The van der Waals surface area contributed by atoms with Crippen LogP contribution >= 0.6 is 0 Å². The SMILES string of the molecule is COc1ccc(NC(=O)N2CCC(C(C(=O)O)N3CCC(c4c[nH]c5ccccc45)CC3)CC2)cc1OC. The van der Waals surface area contributed by atoms with Crippen LogP contribution in [0.4, 0.5) is 10.5 Å². The molecule has 2 fully saturated rings. The molecular weight excluding hydrogens is 484 g/mol. The number of likely N-dealkylation sites (tertiary alicyclic amines) is 2. The minimum atomic E-state index is -0.760. The van der Waals surface area contributed by atoms with Crippen LogP contribution in [0.3, 0.4) is 0 Å². The van der Waals surface area contributed by atoms with Gasteiger partial charge in [0.15, 0.2) is 11.5 Å². The topological polar surface area (TPSA) is 107 Å². The number of ether oxygens (including phenoxy) is 2. The molecule has 2 aromatic carbocycles. The molecule has 1 atom stereocenters. The summed E-state index contributed by atoms with van der Waals surface area (Å²) < 4.78 is 10.6. The minimum Gasteiger partial charge on any atom is -0.493 e. The lowest BCUT2D eigenvalue weighted by Crippen LogP contribution is -2.52. The molecule has 3 heterocycles. The van der Waals surface area contributed by atoms with Crippen LogP contribution in [0.1, 0.15) is 37.2 Å². The maximum absolute atomic E-state index is 12.9. The van der Waals surface area contributed by atoms with E-state index in [1.54, 1.807) is 37.3 Å². The second-order valence-electron chi connectivity index (χ2n) is 10.2. The Morgan fingerprint density at radius 2 is 1.68 bits per heavy atom. The van der Waals surface area contributed by atoms with Crippen molar-refractivity contribution in [2.24, 2.45) is 5.92 Å². The minimum absolute atomic E-state index is 0.0160. The normalized spacial score (nSPS) is 18.3. The molecule has 0 spiro atoms. The number of aromatic nitrogens is 1. The van der Waals surface area contributed by atoms with Gasteiger partial charge in [-0.2, -0.15) is 0 Å². The van der Waals surface area contributed by atoms with E-state index in [1.165, 1.54) is 10.9 Å². The predicted molar refractivity (Wildman–Crippen MR) is 146 cm³/mol. The first-order valence-electron chi connectivity index (χ1n) is 13.3. The van der Waals surface area contributed by atoms with Gasteiger partial charge in [-0.15, -0.1) is 0 Å². The van der Waals surface area contributed by atoms with E-state index in [9.17, 15) is 14.7 Å². The summed E-state index contributed by atoms with van der Waals surface area (Å²) >= 11 is 0. The van der Waals surface area contributed by atoms with Crippen molar-refractivity contribution in [3.05, 3.63) is 54.2 Å². The number of aromatic amines is 1. The van der Waals surface area contributed by atoms with Gasteiger partial charge in [-0.05, 0) is 74.4 Å². The van der Waals surface area contributed by atoms with Crippen LogP contribution in [0.15, 0.2) is 48.7 Å². The van der Waals surface area contributed by atoms with Gasteiger partial charge in [0.1, 0.15) is 6.04 Å². The van der Waals surface area contributed by atoms with Crippen LogP contribution in [-0.4, -0.2) is 78.3 Å². The fourth-order valence-corrected chi connectivity index (χ4v) is 6.11. The highest BCUT2D eigenvalue weighted by atomic mass is 16.5. The Hall–Kier alpha value is -3.72. The molecule has 202 valence electrons. The van der Waals surface area contributed by atoms with E-state index < -0.39 is 12.0 Å². The standard InChI is InChI=1S/C29H36N4O5/c1-37-25-8-7-21(17-26(25)38-2)31-29(36)33-15-11-20(12-16-33)27(28(34)35)32-13-9-19(10-14-32)23-18-30-24-6-4-3-5-22(23)24/h3-8,17-20,27,30H,9-16H2,1-2H3,(H,31,36)(H,34,35). The summed E-state index contributed by atoms with van der Waals surface area (Å²) in [6.07, 6.45) is 5.33. The monoisotopic (exact) mass is 520 g/mol. The summed E-state index contributed by atoms with van der Waals surface area (Å²) in [5, 5.41) is 14.4. The van der Waals surface area contributed by atoms with Crippen molar-refractivity contribution < 1.29 is 24.2 Å². The molecule has 5 rings (SSSR count). The van der Waals surface area contributed by atoms with Crippen LogP contribution < -0.4 is 14.8 Å². The number of piperidine rings is 2. The third-order valence-electron chi connectivity index (χ3n) is 8.15. The Bertz CT molecular complexity index is 1270. The lowest BCUT2D eigenvalue weighted by molar-refractivity contribution is -0.146. The van der Waals surface area contributed by atoms with E-state index in [2.05, 4.69) is 39.6 Å². The molecule has 38 heavy (non-hydrogen) atoms. The van der Waals surface area contributed by atoms with Gasteiger partial charge >= 0.3 is 12.0 Å². The zero-order valence-corrected chi connectivity index (χ0v) is 22.0. The Balaban J connectivity index is 1.16. The summed E-state index contributed by atoms with van der Waals surface area (Å²) in [7, 11) is 3.12. The third kappa shape index (κ3) is 5.29. The molecule has 2 amide bonds. The maximum Gasteiger partial charge on any atom is 0.321 e. The molecule has 1 aromatic heterocycles. The molecule has 3 N–H and O–H groups in total. The number of nitrogens with one attached hydrogen (secondary N) is 2.